The molecule has 3 nitrogen and oxygen atoms in total. The Kier molecular flexibility index (Phi) is 4.59. The van der Waals surface area contributed by atoms with Gasteiger partial charge >= 0.3 is 5.97 Å². The van der Waals surface area contributed by atoms with Gasteiger partial charge in [-0.3, -0.25) is 4.79 Å². The van der Waals surface area contributed by atoms with Crippen LogP contribution in [-0.4, -0.2) is 23.2 Å². The zero-order valence-corrected chi connectivity index (χ0v) is 11.3. The second kappa shape index (κ2) is 5.30. The second-order valence-electron chi connectivity index (χ2n) is 4.23. The third-order valence-corrected chi connectivity index (χ3v) is 3.94. The molecule has 0 aliphatic carbocycles. The number of ether oxygens (including phenoxy) is 2. The smallest absolute Gasteiger partial charge is 0.303 e. The Balaban J connectivity index is 2.70. The number of alkyl halides is 1. The Morgan fingerprint density at radius 1 is 1.40 bits per heavy atom. The molecule has 1 fully saturated rings. The fraction of sp³-hybridized carbons (Fsp3) is 0.909. The fourth-order valence-corrected chi connectivity index (χ4v) is 2.93. The van der Waals surface area contributed by atoms with Gasteiger partial charge in [0.1, 0.15) is 11.1 Å². The van der Waals surface area contributed by atoms with Crippen LogP contribution in [0, 0.1) is 11.8 Å². The summed E-state index contributed by atoms with van der Waals surface area (Å²) in [6.45, 7) is 7.80. The van der Waals surface area contributed by atoms with Crippen LogP contribution in [0.3, 0.4) is 0 Å². The molecule has 15 heavy (non-hydrogen) atoms. The highest BCUT2D eigenvalue weighted by atomic mass is 79.9. The highest BCUT2D eigenvalue weighted by Gasteiger charge is 2.41. The SMILES string of the molecule is CC[C@H]1O[C@H](Br)[C@H](OC(C)=O)[C@@H](C)[C@@H]1C. The summed E-state index contributed by atoms with van der Waals surface area (Å²) in [5.41, 5.74) is 0. The van der Waals surface area contributed by atoms with Gasteiger partial charge in [-0.1, -0.05) is 36.7 Å². The molecule has 5 atom stereocenters. The number of hydrogen-bond acceptors (Lipinski definition) is 3. The lowest BCUT2D eigenvalue weighted by molar-refractivity contribution is -0.175. The van der Waals surface area contributed by atoms with E-state index in [0.29, 0.717) is 11.8 Å². The molecule has 0 radical (unpaired) electrons. The van der Waals surface area contributed by atoms with E-state index in [2.05, 4.69) is 36.7 Å². The molecule has 0 aromatic rings. The first-order chi connectivity index (χ1) is 6.97. The molecule has 0 aromatic heterocycles. The van der Waals surface area contributed by atoms with Crippen molar-refractivity contribution in [3.8, 4) is 0 Å². The first-order valence-electron chi connectivity index (χ1n) is 5.44. The highest BCUT2D eigenvalue weighted by Crippen LogP contribution is 2.36. The van der Waals surface area contributed by atoms with Crippen molar-refractivity contribution in [2.75, 3.05) is 0 Å². The molecule has 1 saturated heterocycles. The molecule has 1 rings (SSSR count). The van der Waals surface area contributed by atoms with Crippen LogP contribution in [0.25, 0.3) is 0 Å². The molecule has 1 heterocycles. The molecule has 0 amide bonds. The average molecular weight is 279 g/mol. The van der Waals surface area contributed by atoms with Crippen molar-refractivity contribution in [2.45, 2.75) is 51.3 Å². The molecule has 4 heteroatoms. The zero-order valence-electron chi connectivity index (χ0n) is 9.70. The predicted molar refractivity (Wildman–Crippen MR) is 61.8 cm³/mol. The van der Waals surface area contributed by atoms with Crippen LogP contribution >= 0.6 is 15.9 Å². The molecule has 0 spiro atoms. The molecule has 1 aliphatic heterocycles. The van der Waals surface area contributed by atoms with Crippen molar-refractivity contribution >= 4 is 21.9 Å². The second-order valence-corrected chi connectivity index (χ2v) is 5.13. The minimum Gasteiger partial charge on any atom is -0.459 e. The number of halogens is 1. The van der Waals surface area contributed by atoms with Gasteiger partial charge in [0.15, 0.2) is 0 Å². The van der Waals surface area contributed by atoms with E-state index in [1.54, 1.807) is 0 Å². The number of carbonyl (C=O) groups excluding carboxylic acids is 1. The molecule has 0 N–H and O–H groups in total. The van der Waals surface area contributed by atoms with E-state index in [0.717, 1.165) is 6.42 Å². The summed E-state index contributed by atoms with van der Waals surface area (Å²) in [6, 6.07) is 0. The Morgan fingerprint density at radius 2 is 2.00 bits per heavy atom. The largest absolute Gasteiger partial charge is 0.459 e. The minimum atomic E-state index is -0.248. The summed E-state index contributed by atoms with van der Waals surface area (Å²) >= 11 is 3.43. The van der Waals surface area contributed by atoms with E-state index in [4.69, 9.17) is 9.47 Å². The van der Waals surface area contributed by atoms with Crippen LogP contribution in [0.4, 0.5) is 0 Å². The van der Waals surface area contributed by atoms with Crippen molar-refractivity contribution in [1.29, 1.82) is 0 Å². The van der Waals surface area contributed by atoms with Crippen LogP contribution in [0.1, 0.15) is 34.1 Å². The van der Waals surface area contributed by atoms with E-state index >= 15 is 0 Å². The highest BCUT2D eigenvalue weighted by molar-refractivity contribution is 9.09. The summed E-state index contributed by atoms with van der Waals surface area (Å²) in [4.78, 5) is 11.0. The maximum atomic E-state index is 11.0. The first kappa shape index (κ1) is 13.0. The molecule has 0 saturated carbocycles. The molecular formula is C11H19BrO3. The fourth-order valence-electron chi connectivity index (χ4n) is 2.07. The first-order valence-corrected chi connectivity index (χ1v) is 6.35. The van der Waals surface area contributed by atoms with Crippen LogP contribution < -0.4 is 0 Å². The Labute approximate surface area is 99.6 Å². The van der Waals surface area contributed by atoms with Gasteiger partial charge in [0.2, 0.25) is 0 Å². The van der Waals surface area contributed by atoms with Crippen LogP contribution in [0.15, 0.2) is 0 Å². The average Bonchev–Trinajstić information content (AvgIpc) is 2.18. The quantitative estimate of drug-likeness (QED) is 0.576. The third kappa shape index (κ3) is 2.94. The molecular weight excluding hydrogens is 260 g/mol. The van der Waals surface area contributed by atoms with Crippen molar-refractivity contribution in [3.63, 3.8) is 0 Å². The summed E-state index contributed by atoms with van der Waals surface area (Å²) in [6.07, 6.45) is 1.05. The van der Waals surface area contributed by atoms with Crippen molar-refractivity contribution < 1.29 is 14.3 Å². The van der Waals surface area contributed by atoms with Gasteiger partial charge in [0, 0.05) is 12.8 Å². The van der Waals surface area contributed by atoms with Crippen molar-refractivity contribution in [3.05, 3.63) is 0 Å². The van der Waals surface area contributed by atoms with Gasteiger partial charge in [-0.05, 0) is 12.3 Å². The Bertz CT molecular complexity index is 232. The normalized spacial score (nSPS) is 41.3. The summed E-state index contributed by atoms with van der Waals surface area (Å²) in [7, 11) is 0. The van der Waals surface area contributed by atoms with E-state index in [1.807, 2.05) is 0 Å². The predicted octanol–water partition coefficient (Wildman–Crippen LogP) is 2.72. The lowest BCUT2D eigenvalue weighted by atomic mass is 9.83. The van der Waals surface area contributed by atoms with E-state index < -0.39 is 0 Å². The standard InChI is InChI=1S/C11H19BrO3/c1-5-9-6(2)7(3)10(11(12)15-9)14-8(4)13/h6-7,9-11H,5H2,1-4H3/t6-,7-,9+,10+,11-/m0/s1. The monoisotopic (exact) mass is 278 g/mol. The molecule has 0 bridgehead atoms. The van der Waals surface area contributed by atoms with Gasteiger partial charge in [0.25, 0.3) is 0 Å². The number of esters is 1. The maximum Gasteiger partial charge on any atom is 0.303 e. The van der Waals surface area contributed by atoms with Gasteiger partial charge in [-0.25, -0.2) is 0 Å². The molecule has 88 valence electrons. The van der Waals surface area contributed by atoms with Gasteiger partial charge in [-0.15, -0.1) is 0 Å². The maximum absolute atomic E-state index is 11.0. The summed E-state index contributed by atoms with van der Waals surface area (Å²) in [5, 5.41) is -0.183. The van der Waals surface area contributed by atoms with E-state index in [1.165, 1.54) is 6.92 Å². The lowest BCUT2D eigenvalue weighted by Crippen LogP contribution is -2.48. The lowest BCUT2D eigenvalue weighted by Gasteiger charge is -2.41. The van der Waals surface area contributed by atoms with E-state index in [-0.39, 0.29) is 23.2 Å². The third-order valence-electron chi connectivity index (χ3n) is 3.20. The molecule has 0 aromatic carbocycles. The topological polar surface area (TPSA) is 35.5 Å². The van der Waals surface area contributed by atoms with Crippen molar-refractivity contribution in [1.82, 2.24) is 0 Å². The number of carbonyl (C=O) groups is 1. The summed E-state index contributed by atoms with van der Waals surface area (Å²) < 4.78 is 11.0. The number of hydrogen-bond donors (Lipinski definition) is 0. The molecule has 0 unspecified atom stereocenters. The Morgan fingerprint density at radius 3 is 2.47 bits per heavy atom. The van der Waals surface area contributed by atoms with Crippen LogP contribution in [-0.2, 0) is 14.3 Å². The van der Waals surface area contributed by atoms with Crippen molar-refractivity contribution in [2.24, 2.45) is 11.8 Å². The van der Waals surface area contributed by atoms with Gasteiger partial charge in [0.05, 0.1) is 6.10 Å². The van der Waals surface area contributed by atoms with Gasteiger partial charge in [-0.2, -0.15) is 0 Å². The van der Waals surface area contributed by atoms with E-state index in [9.17, 15) is 4.79 Å². The van der Waals surface area contributed by atoms with Gasteiger partial charge < -0.3 is 9.47 Å². The Hall–Kier alpha value is -0.0900. The number of rotatable bonds is 2. The van der Waals surface area contributed by atoms with Crippen LogP contribution in [0.2, 0.25) is 0 Å². The minimum absolute atomic E-state index is 0.180. The summed E-state index contributed by atoms with van der Waals surface area (Å²) in [5.74, 6) is 0.479. The zero-order chi connectivity index (χ0) is 11.6. The molecule has 1 aliphatic rings. The van der Waals surface area contributed by atoms with Crippen LogP contribution in [0.5, 0.6) is 0 Å².